The van der Waals surface area contributed by atoms with Crippen LogP contribution in [0.2, 0.25) is 0 Å². The molecule has 0 aromatic heterocycles. The Balaban J connectivity index is 0. The zero-order valence-corrected chi connectivity index (χ0v) is 10.4. The molecule has 0 nitrogen and oxygen atoms in total. The Kier molecular flexibility index (Phi) is 225. The molecule has 0 aromatic carbocycles. The minimum Gasteiger partial charge on any atom is 0 e. The second-order valence-electron chi connectivity index (χ2n) is 0. The van der Waals surface area contributed by atoms with E-state index >= 15 is 0 Å². The van der Waals surface area contributed by atoms with Gasteiger partial charge in [-0.25, -0.2) is 0 Å². The molecule has 0 amide bonds. The van der Waals surface area contributed by atoms with Crippen molar-refractivity contribution in [1.82, 2.24) is 0 Å². The van der Waals surface area contributed by atoms with Crippen LogP contribution in [0.25, 0.3) is 0 Å². The van der Waals surface area contributed by atoms with Gasteiger partial charge in [0.1, 0.15) is 0 Å². The molecule has 0 spiro atoms. The summed E-state index contributed by atoms with van der Waals surface area (Å²) in [4.78, 5) is 0. The molecule has 0 rings (SSSR count). The first-order chi connectivity index (χ1) is 0. The SMILES string of the molecule is [Fe].[Fe].[Fe].[Sb].[Sb]. The number of rotatable bonds is 0. The fourth-order valence-electron chi connectivity index (χ4n) is 0. The van der Waals surface area contributed by atoms with Crippen LogP contribution in [0.4, 0.5) is 0 Å². The van der Waals surface area contributed by atoms with E-state index in [1.165, 1.54) is 0 Å². The van der Waals surface area contributed by atoms with E-state index in [0.717, 1.165) is 0 Å². The van der Waals surface area contributed by atoms with Gasteiger partial charge in [-0.3, -0.25) is 0 Å². The maximum atomic E-state index is 0. The fourth-order valence-corrected chi connectivity index (χ4v) is 0. The standard InChI is InChI=1S/3Fe.2Sb. The van der Waals surface area contributed by atoms with Crippen molar-refractivity contribution in [2.24, 2.45) is 0 Å². The molecule has 5 heavy (non-hydrogen) atoms. The molecule has 0 aliphatic rings. The van der Waals surface area contributed by atoms with Gasteiger partial charge in [0.2, 0.25) is 0 Å². The fraction of sp³-hybridized carbons (Fsp3) is 0. The second kappa shape index (κ2) is 27.1. The quantitative estimate of drug-likeness (QED) is 0.460. The molecule has 6 radical (unpaired) electrons. The van der Waals surface area contributed by atoms with Crippen LogP contribution in [0.1, 0.15) is 0 Å². The van der Waals surface area contributed by atoms with Crippen LogP contribution in [-0.2, 0) is 51.2 Å². The van der Waals surface area contributed by atoms with E-state index in [0.29, 0.717) is 0 Å². The van der Waals surface area contributed by atoms with Crippen molar-refractivity contribution >= 4 is 48.9 Å². The normalized spacial score (nSPS) is 0. The van der Waals surface area contributed by atoms with E-state index in [1.807, 2.05) is 0 Å². The van der Waals surface area contributed by atoms with Crippen LogP contribution >= 0.6 is 0 Å². The smallest absolute Gasteiger partial charge is 0 e. The van der Waals surface area contributed by atoms with E-state index < -0.39 is 0 Å². The zero-order chi connectivity index (χ0) is 0. The Labute approximate surface area is 98.3 Å². The van der Waals surface area contributed by atoms with Crippen LogP contribution in [-0.4, -0.2) is 48.9 Å². The third-order valence-electron chi connectivity index (χ3n) is 0. The third kappa shape index (κ3) is 19.0. The minimum atomic E-state index is 0. The summed E-state index contributed by atoms with van der Waals surface area (Å²) in [5.41, 5.74) is 0. The molecule has 0 aromatic rings. The molecule has 0 N–H and O–H groups in total. The largest absolute Gasteiger partial charge is 0 e. The summed E-state index contributed by atoms with van der Waals surface area (Å²) in [6.07, 6.45) is 0. The average Bonchev–Trinajstić information content (AvgIpc) is 0. The van der Waals surface area contributed by atoms with Crippen LogP contribution < -0.4 is 0 Å². The summed E-state index contributed by atoms with van der Waals surface area (Å²) in [6.45, 7) is 0. The van der Waals surface area contributed by atoms with Gasteiger partial charge in [-0.2, -0.15) is 0 Å². The van der Waals surface area contributed by atoms with Gasteiger partial charge in [0.15, 0.2) is 0 Å². The first-order valence-corrected chi connectivity index (χ1v) is 0. The van der Waals surface area contributed by atoms with Gasteiger partial charge in [-0.15, -0.1) is 0 Å². The molecule has 0 saturated heterocycles. The summed E-state index contributed by atoms with van der Waals surface area (Å²) in [6, 6.07) is 0. The molecule has 0 atom stereocenters. The summed E-state index contributed by atoms with van der Waals surface area (Å²) in [5.74, 6) is 0. The van der Waals surface area contributed by atoms with Gasteiger partial charge in [0, 0.05) is 100 Å². The molecule has 0 fully saturated rings. The van der Waals surface area contributed by atoms with Crippen molar-refractivity contribution in [3.63, 3.8) is 0 Å². The molecule has 0 unspecified atom stereocenters. The Morgan fingerprint density at radius 2 is 0.400 bits per heavy atom. The second-order valence-corrected chi connectivity index (χ2v) is 0. The molecule has 0 bridgehead atoms. The van der Waals surface area contributed by atoms with Gasteiger partial charge in [0.25, 0.3) is 0 Å². The van der Waals surface area contributed by atoms with Crippen LogP contribution in [0.5, 0.6) is 0 Å². The predicted octanol–water partition coefficient (Wildman–Crippen LogP) is -0.769. The van der Waals surface area contributed by atoms with Gasteiger partial charge in [-0.1, -0.05) is 0 Å². The van der Waals surface area contributed by atoms with Crippen LogP contribution in [0.15, 0.2) is 0 Å². The Hall–Kier alpha value is 3.19. The molecular weight excluding hydrogens is 411 g/mol. The minimum absolute atomic E-state index is 0. The predicted molar refractivity (Wildman–Crippen MR) is 11.5 cm³/mol. The molecule has 0 saturated carbocycles. The van der Waals surface area contributed by atoms with Gasteiger partial charge in [-0.05, 0) is 0 Å². The summed E-state index contributed by atoms with van der Waals surface area (Å²) < 4.78 is 0. The number of hydrogen-bond donors (Lipinski definition) is 0. The van der Waals surface area contributed by atoms with Gasteiger partial charge >= 0.3 is 0 Å². The number of hydrogen-bond acceptors (Lipinski definition) is 0. The van der Waals surface area contributed by atoms with Crippen molar-refractivity contribution < 1.29 is 51.2 Å². The van der Waals surface area contributed by atoms with E-state index in [2.05, 4.69) is 0 Å². The average molecular weight is 411 g/mol. The van der Waals surface area contributed by atoms with Gasteiger partial charge in [0.05, 0.1) is 0 Å². The Morgan fingerprint density at radius 1 is 0.400 bits per heavy atom. The van der Waals surface area contributed by atoms with Gasteiger partial charge < -0.3 is 0 Å². The molecule has 5 heteroatoms. The van der Waals surface area contributed by atoms with Crippen LogP contribution in [0, 0.1) is 0 Å². The maximum absolute atomic E-state index is 0. The van der Waals surface area contributed by atoms with Crippen molar-refractivity contribution in [2.45, 2.75) is 0 Å². The summed E-state index contributed by atoms with van der Waals surface area (Å²) in [5, 5.41) is 0. The van der Waals surface area contributed by atoms with Crippen molar-refractivity contribution in [2.75, 3.05) is 0 Å². The zero-order valence-electron chi connectivity index (χ0n) is 1.96. The van der Waals surface area contributed by atoms with E-state index in [-0.39, 0.29) is 100 Å². The Morgan fingerprint density at radius 3 is 0.400 bits per heavy atom. The first-order valence-electron chi connectivity index (χ1n) is 0. The monoisotopic (exact) mass is 410 g/mol. The molecule has 0 aliphatic heterocycles. The summed E-state index contributed by atoms with van der Waals surface area (Å²) in [7, 11) is 0. The summed E-state index contributed by atoms with van der Waals surface area (Å²) >= 11 is 0. The Bertz CT molecular complexity index is 4.85. The molecule has 0 heterocycles. The van der Waals surface area contributed by atoms with Crippen molar-refractivity contribution in [1.29, 1.82) is 0 Å². The third-order valence-corrected chi connectivity index (χ3v) is 0. The topological polar surface area (TPSA) is 0 Å². The van der Waals surface area contributed by atoms with E-state index in [4.69, 9.17) is 0 Å². The molecular formula is Fe3Sb2. The van der Waals surface area contributed by atoms with Crippen molar-refractivity contribution in [3.05, 3.63) is 0 Å². The molecule has 34 valence electrons. The van der Waals surface area contributed by atoms with Crippen molar-refractivity contribution in [3.8, 4) is 0 Å². The van der Waals surface area contributed by atoms with E-state index in [9.17, 15) is 0 Å². The molecule has 0 aliphatic carbocycles. The maximum Gasteiger partial charge on any atom is 0 e. The van der Waals surface area contributed by atoms with Crippen LogP contribution in [0.3, 0.4) is 0 Å². The first kappa shape index (κ1) is 41.6. The van der Waals surface area contributed by atoms with E-state index in [1.54, 1.807) is 0 Å².